The highest BCUT2D eigenvalue weighted by Crippen LogP contribution is 2.54. The number of rotatable bonds is 2. The van der Waals surface area contributed by atoms with E-state index in [-0.39, 0.29) is 31.2 Å². The van der Waals surface area contributed by atoms with Crippen molar-refractivity contribution in [2.45, 2.75) is 12.0 Å². The zero-order chi connectivity index (χ0) is 17.8. The van der Waals surface area contributed by atoms with Crippen LogP contribution in [0, 0.1) is 11.8 Å². The van der Waals surface area contributed by atoms with Gasteiger partial charge in [0.05, 0.1) is 25.7 Å². The summed E-state index contributed by atoms with van der Waals surface area (Å²) in [4.78, 5) is 12.5. The molecule has 5 rings (SSSR count). The summed E-state index contributed by atoms with van der Waals surface area (Å²) in [6, 6.07) is 11.4. The number of aliphatic hydroxyl groups is 1. The van der Waals surface area contributed by atoms with Gasteiger partial charge in [-0.15, -0.1) is 0 Å². The molecule has 2 aromatic rings. The molecule has 1 fully saturated rings. The Morgan fingerprint density at radius 1 is 1.08 bits per heavy atom. The molecule has 2 heterocycles. The van der Waals surface area contributed by atoms with Crippen LogP contribution in [0.15, 0.2) is 36.4 Å². The summed E-state index contributed by atoms with van der Waals surface area (Å²) in [6.45, 7) is 0.381. The molecule has 3 aliphatic rings. The summed E-state index contributed by atoms with van der Waals surface area (Å²) in [5, 5.41) is 10.9. The van der Waals surface area contributed by atoms with E-state index in [1.165, 1.54) is 0 Å². The van der Waals surface area contributed by atoms with Gasteiger partial charge in [-0.05, 0) is 41.0 Å². The zero-order valence-electron chi connectivity index (χ0n) is 14.2. The van der Waals surface area contributed by atoms with Crippen molar-refractivity contribution in [2.24, 2.45) is 11.8 Å². The van der Waals surface area contributed by atoms with E-state index in [1.54, 1.807) is 7.11 Å². The van der Waals surface area contributed by atoms with Crippen LogP contribution < -0.4 is 14.2 Å². The molecule has 0 aromatic heterocycles. The fraction of sp³-hybridized carbons (Fsp3) is 0.350. The Bertz CT molecular complexity index is 892. The Morgan fingerprint density at radius 3 is 2.62 bits per heavy atom. The normalized spacial score (nSPS) is 28.3. The molecule has 0 amide bonds. The number of cyclic esters (lactones) is 1. The molecule has 2 aromatic carbocycles. The summed E-state index contributed by atoms with van der Waals surface area (Å²) in [5.41, 5.74) is 2.59. The fourth-order valence-electron chi connectivity index (χ4n) is 4.37. The van der Waals surface area contributed by atoms with E-state index in [1.807, 2.05) is 36.4 Å². The molecule has 1 saturated heterocycles. The standard InChI is InChI=1S/C20H18O6/c1-23-11-4-2-3-10(5-11)17-12-6-15-16(26-9-25-15)7-13(12)19(21)14-8-24-20(22)18(14)17/h2-7,14,17-19,21H,8-9H2,1H3/t14-,17+,18+,19-/m0/s1. The lowest BCUT2D eigenvalue weighted by Crippen LogP contribution is -2.34. The van der Waals surface area contributed by atoms with E-state index in [4.69, 9.17) is 18.9 Å². The van der Waals surface area contributed by atoms with Crippen molar-refractivity contribution in [3.63, 3.8) is 0 Å². The Kier molecular flexibility index (Phi) is 3.37. The zero-order valence-corrected chi connectivity index (χ0v) is 14.2. The largest absolute Gasteiger partial charge is 0.497 e. The molecule has 1 aliphatic carbocycles. The first-order valence-electron chi connectivity index (χ1n) is 8.59. The Labute approximate surface area is 150 Å². The fourth-order valence-corrected chi connectivity index (χ4v) is 4.37. The highest BCUT2D eigenvalue weighted by molar-refractivity contribution is 5.78. The van der Waals surface area contributed by atoms with E-state index >= 15 is 0 Å². The van der Waals surface area contributed by atoms with Crippen molar-refractivity contribution in [3.05, 3.63) is 53.1 Å². The van der Waals surface area contributed by atoms with Gasteiger partial charge in [0, 0.05) is 11.8 Å². The maximum atomic E-state index is 12.5. The van der Waals surface area contributed by atoms with Gasteiger partial charge < -0.3 is 24.1 Å². The van der Waals surface area contributed by atoms with Crippen LogP contribution in [0.25, 0.3) is 0 Å². The van der Waals surface area contributed by atoms with Crippen molar-refractivity contribution < 1.29 is 28.8 Å². The van der Waals surface area contributed by atoms with Gasteiger partial charge in [-0.2, -0.15) is 0 Å². The van der Waals surface area contributed by atoms with Crippen LogP contribution in [0.3, 0.4) is 0 Å². The van der Waals surface area contributed by atoms with Gasteiger partial charge in [0.1, 0.15) is 5.75 Å². The molecule has 0 unspecified atom stereocenters. The molecule has 0 radical (unpaired) electrons. The van der Waals surface area contributed by atoms with Crippen LogP contribution in [0.4, 0.5) is 0 Å². The predicted octanol–water partition coefficient (Wildman–Crippen LogP) is 2.39. The van der Waals surface area contributed by atoms with Gasteiger partial charge in [-0.3, -0.25) is 4.79 Å². The second kappa shape index (κ2) is 5.64. The molecule has 26 heavy (non-hydrogen) atoms. The molecule has 1 N–H and O–H groups in total. The lowest BCUT2D eigenvalue weighted by atomic mass is 9.66. The Balaban J connectivity index is 1.73. The molecule has 0 bridgehead atoms. The summed E-state index contributed by atoms with van der Waals surface area (Å²) in [5.74, 6) is 0.739. The average molecular weight is 354 g/mol. The highest BCUT2D eigenvalue weighted by Gasteiger charge is 2.52. The number of esters is 1. The molecular weight excluding hydrogens is 336 g/mol. The second-order valence-corrected chi connectivity index (χ2v) is 6.85. The third-order valence-electron chi connectivity index (χ3n) is 5.60. The minimum atomic E-state index is -0.780. The van der Waals surface area contributed by atoms with E-state index in [0.29, 0.717) is 11.5 Å². The number of hydrogen-bond donors (Lipinski definition) is 1. The summed E-state index contributed by atoms with van der Waals surface area (Å²) in [7, 11) is 1.61. The smallest absolute Gasteiger partial charge is 0.310 e. The predicted molar refractivity (Wildman–Crippen MR) is 90.3 cm³/mol. The number of fused-ring (bicyclic) bond motifs is 3. The van der Waals surface area contributed by atoms with Gasteiger partial charge in [0.25, 0.3) is 0 Å². The lowest BCUT2D eigenvalue weighted by molar-refractivity contribution is -0.141. The summed E-state index contributed by atoms with van der Waals surface area (Å²) < 4.78 is 21.7. The number of methoxy groups -OCH3 is 1. The Morgan fingerprint density at radius 2 is 1.85 bits per heavy atom. The number of carbonyl (C=O) groups excluding carboxylic acids is 1. The third kappa shape index (κ3) is 2.12. The van der Waals surface area contributed by atoms with Crippen molar-refractivity contribution in [1.82, 2.24) is 0 Å². The number of ether oxygens (including phenoxy) is 4. The van der Waals surface area contributed by atoms with Gasteiger partial charge in [-0.25, -0.2) is 0 Å². The molecule has 0 saturated carbocycles. The van der Waals surface area contributed by atoms with Crippen molar-refractivity contribution in [1.29, 1.82) is 0 Å². The Hall–Kier alpha value is -2.73. The maximum absolute atomic E-state index is 12.5. The van der Waals surface area contributed by atoms with Crippen LogP contribution in [-0.4, -0.2) is 31.6 Å². The van der Waals surface area contributed by atoms with Crippen LogP contribution in [0.5, 0.6) is 17.2 Å². The number of aliphatic hydroxyl groups excluding tert-OH is 1. The van der Waals surface area contributed by atoms with Gasteiger partial charge in [0.15, 0.2) is 11.5 Å². The van der Waals surface area contributed by atoms with Crippen molar-refractivity contribution in [2.75, 3.05) is 20.5 Å². The van der Waals surface area contributed by atoms with Crippen LogP contribution in [0.2, 0.25) is 0 Å². The summed E-state index contributed by atoms with van der Waals surface area (Å²) >= 11 is 0. The number of benzene rings is 2. The van der Waals surface area contributed by atoms with E-state index in [9.17, 15) is 9.90 Å². The topological polar surface area (TPSA) is 74.2 Å². The summed E-state index contributed by atoms with van der Waals surface area (Å²) in [6.07, 6.45) is -0.780. The van der Waals surface area contributed by atoms with Gasteiger partial charge in [0.2, 0.25) is 6.79 Å². The molecular formula is C20H18O6. The lowest BCUT2D eigenvalue weighted by Gasteiger charge is -2.36. The minimum absolute atomic E-state index is 0.160. The first-order chi connectivity index (χ1) is 12.7. The van der Waals surface area contributed by atoms with E-state index in [2.05, 4.69) is 0 Å². The molecule has 4 atom stereocenters. The third-order valence-corrected chi connectivity index (χ3v) is 5.60. The molecule has 0 spiro atoms. The first kappa shape index (κ1) is 15.5. The van der Waals surface area contributed by atoms with Gasteiger partial charge in [-0.1, -0.05) is 12.1 Å². The second-order valence-electron chi connectivity index (χ2n) is 6.85. The van der Waals surface area contributed by atoms with Crippen LogP contribution >= 0.6 is 0 Å². The number of hydrogen-bond acceptors (Lipinski definition) is 6. The van der Waals surface area contributed by atoms with Crippen molar-refractivity contribution in [3.8, 4) is 17.2 Å². The highest BCUT2D eigenvalue weighted by atomic mass is 16.7. The molecule has 2 aliphatic heterocycles. The first-order valence-corrected chi connectivity index (χ1v) is 8.59. The molecule has 6 nitrogen and oxygen atoms in total. The molecule has 134 valence electrons. The van der Waals surface area contributed by atoms with E-state index in [0.717, 1.165) is 22.4 Å². The quantitative estimate of drug-likeness (QED) is 0.835. The SMILES string of the molecule is COc1cccc([C@@H]2c3cc4c(cc3[C@H](O)[C@H]3COC(=O)[C@@H]23)OCO4)c1. The monoisotopic (exact) mass is 354 g/mol. The van der Waals surface area contributed by atoms with Crippen molar-refractivity contribution >= 4 is 5.97 Å². The van der Waals surface area contributed by atoms with Crippen LogP contribution in [0.1, 0.15) is 28.7 Å². The minimum Gasteiger partial charge on any atom is -0.497 e. The molecule has 6 heteroatoms. The van der Waals surface area contributed by atoms with E-state index < -0.39 is 12.0 Å². The average Bonchev–Trinajstić information content (AvgIpc) is 3.28. The van der Waals surface area contributed by atoms with Crippen LogP contribution in [-0.2, 0) is 9.53 Å². The van der Waals surface area contributed by atoms with Gasteiger partial charge >= 0.3 is 5.97 Å². The number of carbonyl (C=O) groups is 1. The maximum Gasteiger partial charge on any atom is 0.310 e.